The number of rotatable bonds is 0. The normalized spacial score (nSPS) is 47.9. The Morgan fingerprint density at radius 3 is 2.13 bits per heavy atom. The van der Waals surface area contributed by atoms with E-state index in [1.165, 1.54) is 0 Å². The first-order valence-electron chi connectivity index (χ1n) is 7.81. The first kappa shape index (κ1) is 17.3. The number of likely N-dealkylation sites (tertiary alicyclic amines) is 2. The lowest BCUT2D eigenvalue weighted by molar-refractivity contribution is -0.878. The van der Waals surface area contributed by atoms with Crippen LogP contribution in [0.15, 0.2) is 0 Å². The van der Waals surface area contributed by atoms with E-state index in [1.54, 1.807) is 4.90 Å². The molecule has 5 fully saturated rings. The van der Waals surface area contributed by atoms with E-state index < -0.39 is 5.54 Å². The van der Waals surface area contributed by atoms with Gasteiger partial charge >= 0.3 is 5.66 Å². The predicted octanol–water partition coefficient (Wildman–Crippen LogP) is -6.83. The Labute approximate surface area is 149 Å². The molecule has 0 aromatic rings. The molecule has 8 heteroatoms. The SMILES string of the molecule is CC1(C)C(=O)N2CN1C(=O)CC13C4C(C21[N+]3(C)C)[N+]4(C)C.[Cl-].[Cl-]. The number of hydrogen-bond acceptors (Lipinski definition) is 2. The molecular weight excluding hydrogens is 339 g/mol. The number of likely N-dealkylation sites (N-methyl/N-ethyl adjacent to an activating group) is 2. The monoisotopic (exact) mass is 362 g/mol. The molecule has 4 unspecified atom stereocenters. The van der Waals surface area contributed by atoms with Gasteiger partial charge in [-0.05, 0) is 13.8 Å². The van der Waals surface area contributed by atoms with Gasteiger partial charge in [0.2, 0.25) is 18.0 Å². The van der Waals surface area contributed by atoms with Gasteiger partial charge < -0.3 is 34.2 Å². The molecule has 23 heavy (non-hydrogen) atoms. The lowest BCUT2D eigenvalue weighted by atomic mass is 9.75. The van der Waals surface area contributed by atoms with E-state index in [2.05, 4.69) is 33.1 Å². The molecule has 1 saturated carbocycles. The molecule has 0 N–H and O–H groups in total. The van der Waals surface area contributed by atoms with E-state index >= 15 is 0 Å². The Balaban J connectivity index is 0.000000781. The van der Waals surface area contributed by atoms with Crippen LogP contribution < -0.4 is 24.8 Å². The molecule has 4 saturated heterocycles. The number of amides is 2. The van der Waals surface area contributed by atoms with Crippen molar-refractivity contribution in [1.82, 2.24) is 9.80 Å². The maximum Gasteiger partial charge on any atom is 0.300 e. The van der Waals surface area contributed by atoms with Crippen molar-refractivity contribution in [3.05, 3.63) is 0 Å². The summed E-state index contributed by atoms with van der Waals surface area (Å²) in [5.41, 5.74) is -0.868. The van der Waals surface area contributed by atoms with Crippen LogP contribution in [0, 0.1) is 0 Å². The smallest absolute Gasteiger partial charge is 0.300 e. The number of halogens is 2. The minimum atomic E-state index is -0.683. The van der Waals surface area contributed by atoms with E-state index in [-0.39, 0.29) is 47.8 Å². The van der Waals surface area contributed by atoms with E-state index in [0.29, 0.717) is 25.2 Å². The van der Waals surface area contributed by atoms with Crippen LogP contribution in [0.25, 0.3) is 0 Å². The van der Waals surface area contributed by atoms with Crippen LogP contribution in [-0.4, -0.2) is 94.3 Å². The zero-order chi connectivity index (χ0) is 15.4. The fraction of sp³-hybridized carbons (Fsp3) is 0.867. The minimum Gasteiger partial charge on any atom is -1.00 e. The molecule has 5 aliphatic rings. The summed E-state index contributed by atoms with van der Waals surface area (Å²) in [7, 11) is 8.93. The summed E-state index contributed by atoms with van der Waals surface area (Å²) >= 11 is 0. The van der Waals surface area contributed by atoms with Crippen LogP contribution in [0.5, 0.6) is 0 Å². The van der Waals surface area contributed by atoms with Crippen LogP contribution >= 0.6 is 0 Å². The Bertz CT molecular complexity index is 664. The summed E-state index contributed by atoms with van der Waals surface area (Å²) in [5, 5.41) is 0. The highest BCUT2D eigenvalue weighted by molar-refractivity contribution is 5.97. The van der Waals surface area contributed by atoms with Crippen molar-refractivity contribution in [2.75, 3.05) is 34.9 Å². The highest BCUT2D eigenvalue weighted by Crippen LogP contribution is 2.85. The topological polar surface area (TPSA) is 40.6 Å². The molecule has 2 amide bonds. The van der Waals surface area contributed by atoms with E-state index in [1.807, 2.05) is 13.8 Å². The first-order chi connectivity index (χ1) is 9.50. The molecule has 4 atom stereocenters. The zero-order valence-corrected chi connectivity index (χ0v) is 15.9. The third-order valence-electron chi connectivity index (χ3n) is 7.84. The molecule has 5 rings (SSSR count). The molecule has 1 aliphatic carbocycles. The van der Waals surface area contributed by atoms with Gasteiger partial charge in [-0.1, -0.05) is 0 Å². The average molecular weight is 363 g/mol. The summed E-state index contributed by atoms with van der Waals surface area (Å²) < 4.78 is 1.79. The van der Waals surface area contributed by atoms with Crippen LogP contribution in [0.1, 0.15) is 20.3 Å². The first-order valence-corrected chi connectivity index (χ1v) is 7.81. The van der Waals surface area contributed by atoms with Crippen molar-refractivity contribution in [1.29, 1.82) is 0 Å². The molecule has 4 heterocycles. The van der Waals surface area contributed by atoms with Crippen LogP contribution in [-0.2, 0) is 9.59 Å². The Morgan fingerprint density at radius 2 is 1.57 bits per heavy atom. The molecular formula is C15H24Cl2N4O2. The van der Waals surface area contributed by atoms with E-state index in [0.717, 1.165) is 8.97 Å². The van der Waals surface area contributed by atoms with Gasteiger partial charge in [-0.3, -0.25) is 19.0 Å². The molecule has 4 aliphatic heterocycles. The lowest BCUT2D eigenvalue weighted by Gasteiger charge is -2.30. The summed E-state index contributed by atoms with van der Waals surface area (Å²) in [4.78, 5) is 29.7. The third-order valence-corrected chi connectivity index (χ3v) is 7.84. The zero-order valence-electron chi connectivity index (χ0n) is 14.4. The number of carbonyl (C=O) groups is 2. The number of piperazine rings is 1. The van der Waals surface area contributed by atoms with E-state index in [9.17, 15) is 9.59 Å². The van der Waals surface area contributed by atoms with E-state index in [4.69, 9.17) is 0 Å². The van der Waals surface area contributed by atoms with Gasteiger partial charge in [-0.25, -0.2) is 0 Å². The Hall–Kier alpha value is -0.560. The summed E-state index contributed by atoms with van der Waals surface area (Å²) in [5.74, 6) is 0.292. The number of hydrogen-bond donors (Lipinski definition) is 0. The quantitative estimate of drug-likeness (QED) is 0.317. The van der Waals surface area contributed by atoms with Gasteiger partial charge in [0.15, 0.2) is 0 Å². The van der Waals surface area contributed by atoms with Gasteiger partial charge in [-0.2, -0.15) is 0 Å². The molecule has 0 aromatic heterocycles. The second kappa shape index (κ2) is 3.66. The Kier molecular flexibility index (Phi) is 2.75. The van der Waals surface area contributed by atoms with Crippen molar-refractivity contribution in [2.24, 2.45) is 0 Å². The van der Waals surface area contributed by atoms with Gasteiger partial charge in [0, 0.05) is 0 Å². The van der Waals surface area contributed by atoms with Gasteiger partial charge in [0.1, 0.15) is 12.2 Å². The van der Waals surface area contributed by atoms with Crippen molar-refractivity contribution < 1.29 is 43.4 Å². The number of nitrogens with zero attached hydrogens (tertiary/aromatic N) is 4. The van der Waals surface area contributed by atoms with Crippen LogP contribution in [0.2, 0.25) is 0 Å². The van der Waals surface area contributed by atoms with Crippen LogP contribution in [0.3, 0.4) is 0 Å². The fourth-order valence-corrected chi connectivity index (χ4v) is 6.92. The van der Waals surface area contributed by atoms with Crippen LogP contribution in [0.4, 0.5) is 0 Å². The number of quaternary nitrogens is 2. The lowest BCUT2D eigenvalue weighted by Crippen LogP contribution is -3.00. The molecule has 0 radical (unpaired) electrons. The summed E-state index contributed by atoms with van der Waals surface area (Å²) in [6, 6.07) is 1.03. The third kappa shape index (κ3) is 1.11. The van der Waals surface area contributed by atoms with Gasteiger partial charge in [0.05, 0.1) is 34.6 Å². The van der Waals surface area contributed by atoms with Crippen molar-refractivity contribution in [3.8, 4) is 0 Å². The fourth-order valence-electron chi connectivity index (χ4n) is 6.92. The molecule has 2 bridgehead atoms. The maximum atomic E-state index is 13.0. The number of carbonyl (C=O) groups excluding carboxylic acids is 2. The molecule has 0 aromatic carbocycles. The highest BCUT2D eigenvalue weighted by Gasteiger charge is 3.19. The standard InChI is InChI=1S/C15H24N4O2.2ClH/c1-13(2)12(21)17-8-16(13)9(20)7-14-10-11(18(10,3)4)15(14,17)19(14,5)6;;/h10-11H,7-8H2,1-6H3;2*1H/q+2;;/p-2. The van der Waals surface area contributed by atoms with Gasteiger partial charge in [-0.15, -0.1) is 0 Å². The largest absolute Gasteiger partial charge is 1.00 e. The van der Waals surface area contributed by atoms with Crippen molar-refractivity contribution in [2.45, 2.75) is 49.1 Å². The second-order valence-corrected chi connectivity index (χ2v) is 9.05. The molecule has 0 spiro atoms. The predicted molar refractivity (Wildman–Crippen MR) is 74.5 cm³/mol. The summed E-state index contributed by atoms with van der Waals surface area (Å²) in [6.07, 6.45) is 0.593. The molecule has 130 valence electrons. The van der Waals surface area contributed by atoms with Crippen molar-refractivity contribution in [3.63, 3.8) is 0 Å². The molecule has 6 nitrogen and oxygen atoms in total. The maximum absolute atomic E-state index is 13.0. The van der Waals surface area contributed by atoms with Crippen molar-refractivity contribution >= 4 is 11.8 Å². The minimum absolute atomic E-state index is 0. The van der Waals surface area contributed by atoms with Gasteiger partial charge in [0.25, 0.3) is 11.4 Å². The highest BCUT2D eigenvalue weighted by atomic mass is 35.5. The second-order valence-electron chi connectivity index (χ2n) is 9.05. The Morgan fingerprint density at radius 1 is 1.00 bits per heavy atom. The number of fused-ring (bicyclic) bond motifs is 3. The average Bonchev–Trinajstić information content (AvgIpc) is 2.91. The summed E-state index contributed by atoms with van der Waals surface area (Å²) in [6.45, 7) is 4.27.